The molecule has 0 atom stereocenters. The summed E-state index contributed by atoms with van der Waals surface area (Å²) in [7, 11) is 0. The first-order valence-electron chi connectivity index (χ1n) is 12.1. The van der Waals surface area contributed by atoms with Gasteiger partial charge < -0.3 is 0 Å². The van der Waals surface area contributed by atoms with Crippen LogP contribution in [0.15, 0.2) is 35.2 Å². The van der Waals surface area contributed by atoms with Gasteiger partial charge in [0.1, 0.15) is 0 Å². The Morgan fingerprint density at radius 2 is 1.12 bits per heavy atom. The monoisotopic (exact) mass is 486 g/mol. The van der Waals surface area contributed by atoms with Crippen molar-refractivity contribution in [3.63, 3.8) is 0 Å². The van der Waals surface area contributed by atoms with Gasteiger partial charge in [-0.1, -0.05) is 82.9 Å². The Labute approximate surface area is 196 Å². The zero-order valence-corrected chi connectivity index (χ0v) is 20.6. The number of halogens is 5. The first kappa shape index (κ1) is 35.8. The fourth-order valence-electron chi connectivity index (χ4n) is 5.53. The van der Waals surface area contributed by atoms with E-state index in [9.17, 15) is 0 Å². The molecule has 0 amide bonds. The smallest absolute Gasteiger partial charge is 0.00946 e. The van der Waals surface area contributed by atoms with Crippen molar-refractivity contribution in [2.45, 2.75) is 113 Å². The molecule has 1 aromatic carbocycles. The second-order valence-electron chi connectivity index (χ2n) is 9.30. The molecule has 0 bridgehead atoms. The molecule has 0 radical (unpaired) electrons. The van der Waals surface area contributed by atoms with Gasteiger partial charge in [0.15, 0.2) is 0 Å². The van der Waals surface area contributed by atoms with Crippen molar-refractivity contribution in [1.29, 1.82) is 0 Å². The molecule has 0 saturated heterocycles. The SMILES string of the molecule is CCCCCCCCC1CCC(C2CCC(Sc3ccccc3)CC2)CC1.F.F.F.F.F. The molecule has 2 saturated carbocycles. The van der Waals surface area contributed by atoms with Crippen LogP contribution in [0.3, 0.4) is 0 Å². The van der Waals surface area contributed by atoms with Gasteiger partial charge >= 0.3 is 0 Å². The Kier molecular flexibility index (Phi) is 23.3. The van der Waals surface area contributed by atoms with Crippen LogP contribution >= 0.6 is 11.8 Å². The van der Waals surface area contributed by atoms with Crippen LogP contribution in [0.2, 0.25) is 0 Å². The molecule has 192 valence electrons. The molecule has 0 spiro atoms. The minimum absolute atomic E-state index is 0. The highest BCUT2D eigenvalue weighted by Crippen LogP contribution is 2.44. The lowest BCUT2D eigenvalue weighted by Gasteiger charge is -2.37. The van der Waals surface area contributed by atoms with E-state index in [1.165, 1.54) is 75.5 Å². The van der Waals surface area contributed by atoms with Crippen LogP contribution < -0.4 is 0 Å². The molecule has 0 aromatic heterocycles. The van der Waals surface area contributed by atoms with Gasteiger partial charge in [-0.3, -0.25) is 23.5 Å². The minimum Gasteiger partial charge on any atom is -0.269 e. The van der Waals surface area contributed by atoms with Gasteiger partial charge in [0, 0.05) is 10.1 Å². The highest BCUT2D eigenvalue weighted by molar-refractivity contribution is 8.00. The first-order valence-corrected chi connectivity index (χ1v) is 12.9. The molecule has 0 N–H and O–H groups in total. The summed E-state index contributed by atoms with van der Waals surface area (Å²) in [5, 5.41) is 0.868. The molecular formula is C26H47F5S. The Hall–Kier alpha value is -0.780. The number of benzene rings is 1. The molecule has 2 aliphatic rings. The summed E-state index contributed by atoms with van der Waals surface area (Å²) in [4.78, 5) is 1.47. The van der Waals surface area contributed by atoms with Gasteiger partial charge in [-0.25, -0.2) is 0 Å². The van der Waals surface area contributed by atoms with Crippen molar-refractivity contribution in [1.82, 2.24) is 0 Å². The van der Waals surface area contributed by atoms with Crippen molar-refractivity contribution >= 4 is 11.8 Å². The number of unbranched alkanes of at least 4 members (excludes halogenated alkanes) is 5. The van der Waals surface area contributed by atoms with E-state index in [0.717, 1.165) is 23.0 Å². The predicted octanol–water partition coefficient (Wildman–Crippen LogP) is 9.66. The van der Waals surface area contributed by atoms with Crippen molar-refractivity contribution in [3.8, 4) is 0 Å². The predicted molar refractivity (Wildman–Crippen MR) is 134 cm³/mol. The van der Waals surface area contributed by atoms with E-state index in [1.54, 1.807) is 25.7 Å². The topological polar surface area (TPSA) is 0 Å². The van der Waals surface area contributed by atoms with Crippen LogP contribution in [0.4, 0.5) is 23.5 Å². The van der Waals surface area contributed by atoms with Crippen LogP contribution in [-0.2, 0) is 0 Å². The van der Waals surface area contributed by atoms with Gasteiger partial charge in [0.2, 0.25) is 0 Å². The molecule has 32 heavy (non-hydrogen) atoms. The normalized spacial score (nSPS) is 24.4. The van der Waals surface area contributed by atoms with Crippen LogP contribution in [0, 0.1) is 17.8 Å². The Morgan fingerprint density at radius 1 is 0.625 bits per heavy atom. The van der Waals surface area contributed by atoms with Crippen LogP contribution in [0.25, 0.3) is 0 Å². The average Bonchev–Trinajstić information content (AvgIpc) is 2.72. The molecule has 1 aromatic rings. The summed E-state index contributed by atoms with van der Waals surface area (Å²) in [6.07, 6.45) is 22.3. The maximum atomic E-state index is 2.31. The first-order chi connectivity index (χ1) is 13.3. The second-order valence-corrected chi connectivity index (χ2v) is 10.7. The summed E-state index contributed by atoms with van der Waals surface area (Å²) in [5.74, 6) is 3.18. The molecular weight excluding hydrogens is 439 g/mol. The second kappa shape index (κ2) is 20.8. The number of hydrogen-bond donors (Lipinski definition) is 0. The lowest BCUT2D eigenvalue weighted by Crippen LogP contribution is -2.26. The van der Waals surface area contributed by atoms with E-state index in [2.05, 4.69) is 49.0 Å². The zero-order valence-electron chi connectivity index (χ0n) is 19.8. The third-order valence-electron chi connectivity index (χ3n) is 7.29. The maximum absolute atomic E-state index is 2.31. The van der Waals surface area contributed by atoms with Crippen LogP contribution in [-0.4, -0.2) is 5.25 Å². The van der Waals surface area contributed by atoms with E-state index in [4.69, 9.17) is 0 Å². The summed E-state index contributed by atoms with van der Waals surface area (Å²) in [6.45, 7) is 2.31. The highest BCUT2D eigenvalue weighted by Gasteiger charge is 2.30. The largest absolute Gasteiger partial charge is 0.269 e. The third kappa shape index (κ3) is 12.5. The minimum atomic E-state index is 0. The van der Waals surface area contributed by atoms with Gasteiger partial charge in [-0.2, -0.15) is 0 Å². The van der Waals surface area contributed by atoms with Crippen molar-refractivity contribution < 1.29 is 23.5 Å². The van der Waals surface area contributed by atoms with Crippen molar-refractivity contribution in [3.05, 3.63) is 30.3 Å². The number of thioether (sulfide) groups is 1. The standard InChI is InChI=1S/C26H42S.5FH/c1-2-3-4-5-6-8-11-22-14-16-23(17-15-22)24-18-20-26(21-19-24)27-25-12-9-7-10-13-25;;;;;/h7,9-10,12-13,22-24,26H,2-6,8,11,14-21H2,1H3;5*1H. The van der Waals surface area contributed by atoms with Crippen molar-refractivity contribution in [2.75, 3.05) is 0 Å². The zero-order chi connectivity index (χ0) is 18.7. The lowest BCUT2D eigenvalue weighted by atomic mass is 9.70. The summed E-state index contributed by atoms with van der Waals surface area (Å²) in [6, 6.07) is 11.0. The van der Waals surface area contributed by atoms with E-state index in [0.29, 0.717) is 0 Å². The van der Waals surface area contributed by atoms with E-state index in [1.807, 2.05) is 0 Å². The van der Waals surface area contributed by atoms with Gasteiger partial charge in [0.25, 0.3) is 0 Å². The van der Waals surface area contributed by atoms with E-state index >= 15 is 0 Å². The van der Waals surface area contributed by atoms with Crippen molar-refractivity contribution in [2.24, 2.45) is 17.8 Å². The Morgan fingerprint density at radius 3 is 1.69 bits per heavy atom. The summed E-state index contributed by atoms with van der Waals surface area (Å²) in [5.41, 5.74) is 0. The number of hydrogen-bond acceptors (Lipinski definition) is 1. The quantitative estimate of drug-likeness (QED) is 0.234. The molecule has 0 aliphatic heterocycles. The van der Waals surface area contributed by atoms with Crippen LogP contribution in [0.1, 0.15) is 103 Å². The van der Waals surface area contributed by atoms with Gasteiger partial charge in [-0.05, 0) is 68.4 Å². The van der Waals surface area contributed by atoms with E-state index < -0.39 is 0 Å². The van der Waals surface area contributed by atoms with E-state index in [-0.39, 0.29) is 23.5 Å². The summed E-state index contributed by atoms with van der Waals surface area (Å²) >= 11 is 2.13. The molecule has 3 rings (SSSR count). The fraction of sp³-hybridized carbons (Fsp3) is 0.769. The Balaban J connectivity index is -0.00000168. The van der Waals surface area contributed by atoms with Gasteiger partial charge in [-0.15, -0.1) is 11.8 Å². The summed E-state index contributed by atoms with van der Waals surface area (Å²) < 4.78 is 0. The molecule has 0 heterocycles. The lowest BCUT2D eigenvalue weighted by molar-refractivity contribution is 0.164. The molecule has 2 fully saturated rings. The maximum Gasteiger partial charge on any atom is 0.00946 e. The third-order valence-corrected chi connectivity index (χ3v) is 8.64. The molecule has 0 nitrogen and oxygen atoms in total. The fourth-order valence-corrected chi connectivity index (χ4v) is 6.74. The van der Waals surface area contributed by atoms with Crippen LogP contribution in [0.5, 0.6) is 0 Å². The average molecular weight is 487 g/mol. The molecule has 2 aliphatic carbocycles. The molecule has 6 heteroatoms. The molecule has 0 unspecified atom stereocenters. The number of rotatable bonds is 10. The highest BCUT2D eigenvalue weighted by atomic mass is 32.2. The van der Waals surface area contributed by atoms with Gasteiger partial charge in [0.05, 0.1) is 0 Å². The Bertz CT molecular complexity index is 500.